The Balaban J connectivity index is 1.68. The van der Waals surface area contributed by atoms with Crippen molar-refractivity contribution in [3.05, 3.63) is 49.1 Å². The number of esters is 1. The highest BCUT2D eigenvalue weighted by molar-refractivity contribution is 5.93. The highest BCUT2D eigenvalue weighted by Gasteiger charge is 2.23. The van der Waals surface area contributed by atoms with E-state index in [0.717, 1.165) is 35.0 Å². The van der Waals surface area contributed by atoms with Crippen molar-refractivity contribution in [1.82, 2.24) is 0 Å². The SMILES string of the molecule is C=CC(=O)OCCOc1cccc2c(OCC3CO3)cccc12. The fraction of sp³-hybridized carbons (Fsp3) is 0.278. The number of epoxide rings is 1. The van der Waals surface area contributed by atoms with Gasteiger partial charge >= 0.3 is 5.97 Å². The van der Waals surface area contributed by atoms with Gasteiger partial charge in [0.1, 0.15) is 37.4 Å². The molecule has 0 spiro atoms. The van der Waals surface area contributed by atoms with E-state index in [0.29, 0.717) is 6.61 Å². The predicted molar refractivity (Wildman–Crippen MR) is 85.8 cm³/mol. The van der Waals surface area contributed by atoms with Crippen LogP contribution in [0.3, 0.4) is 0 Å². The van der Waals surface area contributed by atoms with E-state index in [9.17, 15) is 4.79 Å². The van der Waals surface area contributed by atoms with E-state index in [1.54, 1.807) is 0 Å². The van der Waals surface area contributed by atoms with Gasteiger partial charge in [-0.1, -0.05) is 30.8 Å². The largest absolute Gasteiger partial charge is 0.490 e. The third-order valence-corrected chi connectivity index (χ3v) is 3.42. The fourth-order valence-electron chi connectivity index (χ4n) is 2.20. The van der Waals surface area contributed by atoms with Crippen molar-refractivity contribution in [3.63, 3.8) is 0 Å². The van der Waals surface area contributed by atoms with Crippen LogP contribution in [0.2, 0.25) is 0 Å². The molecule has 0 amide bonds. The summed E-state index contributed by atoms with van der Waals surface area (Å²) in [5.74, 6) is 1.08. The minimum atomic E-state index is -0.454. The Morgan fingerprint density at radius 1 is 1.13 bits per heavy atom. The maximum Gasteiger partial charge on any atom is 0.330 e. The second-order valence-corrected chi connectivity index (χ2v) is 5.09. The molecule has 0 aromatic heterocycles. The Bertz CT molecular complexity index is 706. The van der Waals surface area contributed by atoms with Gasteiger partial charge < -0.3 is 18.9 Å². The predicted octanol–water partition coefficient (Wildman–Crippen LogP) is 2.73. The van der Waals surface area contributed by atoms with Crippen LogP contribution in [0, 0.1) is 0 Å². The van der Waals surface area contributed by atoms with Gasteiger partial charge in [-0.25, -0.2) is 4.79 Å². The standard InChI is InChI=1S/C18H18O5/c1-2-18(19)21-10-9-20-16-7-3-6-15-14(16)5-4-8-17(15)23-12-13-11-22-13/h2-8,13H,1,9-12H2. The van der Waals surface area contributed by atoms with Gasteiger partial charge in [-0.2, -0.15) is 0 Å². The van der Waals surface area contributed by atoms with Crippen LogP contribution in [-0.2, 0) is 14.3 Å². The molecule has 1 fully saturated rings. The van der Waals surface area contributed by atoms with Gasteiger partial charge in [0.15, 0.2) is 0 Å². The van der Waals surface area contributed by atoms with Crippen molar-refractivity contribution in [2.24, 2.45) is 0 Å². The number of carbonyl (C=O) groups is 1. The zero-order chi connectivity index (χ0) is 16.1. The van der Waals surface area contributed by atoms with Gasteiger partial charge in [0.05, 0.1) is 6.61 Å². The molecule has 1 saturated heterocycles. The molecule has 2 aromatic rings. The molecule has 5 heteroatoms. The quantitative estimate of drug-likeness (QED) is 0.324. The van der Waals surface area contributed by atoms with Gasteiger partial charge in [-0.3, -0.25) is 0 Å². The Morgan fingerprint density at radius 3 is 2.39 bits per heavy atom. The summed E-state index contributed by atoms with van der Waals surface area (Å²) in [6.07, 6.45) is 1.34. The number of hydrogen-bond donors (Lipinski definition) is 0. The summed E-state index contributed by atoms with van der Waals surface area (Å²) in [4.78, 5) is 11.0. The van der Waals surface area contributed by atoms with Crippen LogP contribution in [-0.4, -0.2) is 38.5 Å². The molecule has 0 aliphatic carbocycles. The van der Waals surface area contributed by atoms with E-state index in [1.807, 2.05) is 36.4 Å². The molecule has 0 saturated carbocycles. The van der Waals surface area contributed by atoms with Gasteiger partial charge in [0, 0.05) is 16.8 Å². The summed E-state index contributed by atoms with van der Waals surface area (Å²) in [6, 6.07) is 11.6. The minimum Gasteiger partial charge on any atom is -0.490 e. The lowest BCUT2D eigenvalue weighted by molar-refractivity contribution is -0.138. The molecular formula is C18H18O5. The summed E-state index contributed by atoms with van der Waals surface area (Å²) >= 11 is 0. The van der Waals surface area contributed by atoms with Crippen molar-refractivity contribution >= 4 is 16.7 Å². The summed E-state index contributed by atoms with van der Waals surface area (Å²) in [7, 11) is 0. The van der Waals surface area contributed by atoms with Crippen LogP contribution in [0.1, 0.15) is 0 Å². The van der Waals surface area contributed by atoms with Crippen LogP contribution in [0.4, 0.5) is 0 Å². The maximum atomic E-state index is 11.0. The van der Waals surface area contributed by atoms with Crippen LogP contribution in [0.15, 0.2) is 49.1 Å². The lowest BCUT2D eigenvalue weighted by Crippen LogP contribution is -2.10. The van der Waals surface area contributed by atoms with E-state index < -0.39 is 5.97 Å². The summed E-state index contributed by atoms with van der Waals surface area (Å²) in [5, 5.41) is 1.94. The average molecular weight is 314 g/mol. The number of rotatable bonds is 8. The fourth-order valence-corrected chi connectivity index (χ4v) is 2.20. The van der Waals surface area contributed by atoms with Crippen molar-refractivity contribution in [2.75, 3.05) is 26.4 Å². The molecule has 2 aromatic carbocycles. The lowest BCUT2D eigenvalue weighted by Gasteiger charge is -2.12. The zero-order valence-corrected chi connectivity index (χ0v) is 12.7. The van der Waals surface area contributed by atoms with E-state index in [4.69, 9.17) is 18.9 Å². The Morgan fingerprint density at radius 2 is 1.78 bits per heavy atom. The van der Waals surface area contributed by atoms with E-state index in [1.165, 1.54) is 0 Å². The van der Waals surface area contributed by atoms with Gasteiger partial charge in [0.2, 0.25) is 0 Å². The molecule has 5 nitrogen and oxygen atoms in total. The second kappa shape index (κ2) is 7.15. The van der Waals surface area contributed by atoms with Crippen LogP contribution < -0.4 is 9.47 Å². The average Bonchev–Trinajstić information content (AvgIpc) is 3.41. The number of carbonyl (C=O) groups excluding carboxylic acids is 1. The molecule has 1 aliphatic rings. The molecule has 0 N–H and O–H groups in total. The molecule has 1 heterocycles. The second-order valence-electron chi connectivity index (χ2n) is 5.09. The zero-order valence-electron chi connectivity index (χ0n) is 12.7. The van der Waals surface area contributed by atoms with Gasteiger partial charge in [-0.15, -0.1) is 0 Å². The first-order valence-electron chi connectivity index (χ1n) is 7.46. The van der Waals surface area contributed by atoms with E-state index in [2.05, 4.69) is 6.58 Å². The maximum absolute atomic E-state index is 11.0. The third-order valence-electron chi connectivity index (χ3n) is 3.42. The molecular weight excluding hydrogens is 296 g/mol. The first kappa shape index (κ1) is 15.4. The summed E-state index contributed by atoms with van der Waals surface area (Å²) in [6.45, 7) is 5.12. The molecule has 120 valence electrons. The number of hydrogen-bond acceptors (Lipinski definition) is 5. The molecule has 1 unspecified atom stereocenters. The van der Waals surface area contributed by atoms with Crippen LogP contribution in [0.25, 0.3) is 10.8 Å². The molecule has 0 bridgehead atoms. The first-order chi connectivity index (χ1) is 11.3. The van der Waals surface area contributed by atoms with Gasteiger partial charge in [0.25, 0.3) is 0 Å². The molecule has 1 atom stereocenters. The van der Waals surface area contributed by atoms with Crippen molar-refractivity contribution < 1.29 is 23.7 Å². The molecule has 3 rings (SSSR count). The Labute approximate surface area is 134 Å². The van der Waals surface area contributed by atoms with Crippen molar-refractivity contribution in [3.8, 4) is 11.5 Å². The molecule has 23 heavy (non-hydrogen) atoms. The summed E-state index contributed by atoms with van der Waals surface area (Å²) in [5.41, 5.74) is 0. The lowest BCUT2D eigenvalue weighted by atomic mass is 10.1. The third kappa shape index (κ3) is 4.02. The van der Waals surface area contributed by atoms with Crippen LogP contribution in [0.5, 0.6) is 11.5 Å². The Kier molecular flexibility index (Phi) is 4.78. The first-order valence-corrected chi connectivity index (χ1v) is 7.46. The van der Waals surface area contributed by atoms with E-state index in [-0.39, 0.29) is 19.3 Å². The van der Waals surface area contributed by atoms with Gasteiger partial charge in [-0.05, 0) is 12.1 Å². The monoisotopic (exact) mass is 314 g/mol. The van der Waals surface area contributed by atoms with Crippen molar-refractivity contribution in [1.29, 1.82) is 0 Å². The number of benzene rings is 2. The highest BCUT2D eigenvalue weighted by atomic mass is 16.6. The molecule has 0 radical (unpaired) electrons. The van der Waals surface area contributed by atoms with Crippen LogP contribution >= 0.6 is 0 Å². The highest BCUT2D eigenvalue weighted by Crippen LogP contribution is 2.32. The Hall–Kier alpha value is -2.53. The molecule has 1 aliphatic heterocycles. The normalized spacial score (nSPS) is 15.9. The summed E-state index contributed by atoms with van der Waals surface area (Å²) < 4.78 is 21.6. The smallest absolute Gasteiger partial charge is 0.330 e. The number of ether oxygens (including phenoxy) is 4. The topological polar surface area (TPSA) is 57.3 Å². The van der Waals surface area contributed by atoms with E-state index >= 15 is 0 Å². The number of fused-ring (bicyclic) bond motifs is 1. The van der Waals surface area contributed by atoms with Crippen molar-refractivity contribution in [2.45, 2.75) is 6.10 Å². The minimum absolute atomic E-state index is 0.177.